The Balaban J connectivity index is 1.45. The number of hydrogen-bond acceptors (Lipinski definition) is 5. The number of pyridine rings is 1. The van der Waals surface area contributed by atoms with Crippen molar-refractivity contribution in [3.63, 3.8) is 0 Å². The first kappa shape index (κ1) is 18.1. The summed E-state index contributed by atoms with van der Waals surface area (Å²) in [5, 5.41) is 0. The van der Waals surface area contributed by atoms with Gasteiger partial charge in [-0.3, -0.25) is 9.78 Å². The van der Waals surface area contributed by atoms with Crippen molar-refractivity contribution in [2.75, 3.05) is 18.5 Å². The maximum atomic E-state index is 12.7. The van der Waals surface area contributed by atoms with Gasteiger partial charge in [-0.25, -0.2) is 9.97 Å². The van der Waals surface area contributed by atoms with E-state index in [9.17, 15) is 4.79 Å². The molecule has 0 spiro atoms. The maximum Gasteiger partial charge on any atom is 0.273 e. The fourth-order valence-electron chi connectivity index (χ4n) is 3.61. The number of anilines is 2. The van der Waals surface area contributed by atoms with Gasteiger partial charge in [-0.15, -0.1) is 0 Å². The van der Waals surface area contributed by atoms with Gasteiger partial charge in [0.2, 0.25) is 0 Å². The van der Waals surface area contributed by atoms with Crippen LogP contribution in [0, 0.1) is 0 Å². The Hall–Kier alpha value is -3.28. The second-order valence-corrected chi connectivity index (χ2v) is 7.14. The molecule has 1 aromatic carbocycles. The average molecular weight is 373 g/mol. The van der Waals surface area contributed by atoms with Crippen molar-refractivity contribution < 1.29 is 4.79 Å². The monoisotopic (exact) mass is 373 g/mol. The van der Waals surface area contributed by atoms with Crippen LogP contribution in [0.15, 0.2) is 61.2 Å². The molecule has 4 rings (SSSR count). The van der Waals surface area contributed by atoms with Crippen molar-refractivity contribution in [1.29, 1.82) is 0 Å². The molecule has 0 N–H and O–H groups in total. The summed E-state index contributed by atoms with van der Waals surface area (Å²) in [6.45, 7) is 2.79. The first-order chi connectivity index (χ1) is 13.6. The molecule has 142 valence electrons. The number of carbonyl (C=O) groups excluding carboxylic acids is 1. The molecule has 1 atom stereocenters. The van der Waals surface area contributed by atoms with Crippen LogP contribution in [-0.4, -0.2) is 45.4 Å². The smallest absolute Gasteiger partial charge is 0.273 e. The number of likely N-dealkylation sites (N-methyl/N-ethyl adjacent to an activating group) is 1. The second kappa shape index (κ2) is 7.76. The molecule has 0 saturated carbocycles. The zero-order valence-corrected chi connectivity index (χ0v) is 16.1. The number of fused-ring (bicyclic) bond motifs is 1. The topological polar surface area (TPSA) is 62.2 Å². The quantitative estimate of drug-likeness (QED) is 0.687. The van der Waals surface area contributed by atoms with Crippen molar-refractivity contribution in [3.8, 4) is 0 Å². The van der Waals surface area contributed by atoms with Gasteiger partial charge in [-0.2, -0.15) is 0 Å². The molecular formula is C22H23N5O. The van der Waals surface area contributed by atoms with E-state index in [1.165, 1.54) is 5.56 Å². The average Bonchev–Trinajstić information content (AvgIpc) is 3.08. The number of hydrogen-bond donors (Lipinski definition) is 0. The molecule has 1 unspecified atom stereocenters. The Morgan fingerprint density at radius 2 is 1.93 bits per heavy atom. The highest BCUT2D eigenvalue weighted by molar-refractivity contribution is 5.92. The summed E-state index contributed by atoms with van der Waals surface area (Å²) in [6, 6.07) is 12.6. The van der Waals surface area contributed by atoms with Gasteiger partial charge in [0.15, 0.2) is 5.82 Å². The highest BCUT2D eigenvalue weighted by atomic mass is 16.2. The zero-order valence-electron chi connectivity index (χ0n) is 16.1. The highest BCUT2D eigenvalue weighted by Gasteiger charge is 2.28. The number of benzene rings is 1. The number of rotatable bonds is 5. The van der Waals surface area contributed by atoms with Crippen LogP contribution in [0.4, 0.5) is 11.5 Å². The zero-order chi connectivity index (χ0) is 19.5. The van der Waals surface area contributed by atoms with Crippen LogP contribution >= 0.6 is 0 Å². The van der Waals surface area contributed by atoms with Crippen molar-refractivity contribution in [2.45, 2.75) is 25.8 Å². The van der Waals surface area contributed by atoms with Crippen LogP contribution in [0.5, 0.6) is 0 Å². The second-order valence-electron chi connectivity index (χ2n) is 7.14. The van der Waals surface area contributed by atoms with Crippen LogP contribution in [0.3, 0.4) is 0 Å². The molecule has 1 amide bonds. The van der Waals surface area contributed by atoms with E-state index in [-0.39, 0.29) is 5.91 Å². The van der Waals surface area contributed by atoms with E-state index >= 15 is 0 Å². The lowest BCUT2D eigenvalue weighted by Gasteiger charge is -2.23. The minimum absolute atomic E-state index is 0.122. The molecule has 0 fully saturated rings. The Morgan fingerprint density at radius 1 is 1.14 bits per heavy atom. The van der Waals surface area contributed by atoms with Gasteiger partial charge in [0.25, 0.3) is 5.91 Å². The predicted molar refractivity (Wildman–Crippen MR) is 109 cm³/mol. The van der Waals surface area contributed by atoms with Gasteiger partial charge in [0.1, 0.15) is 5.69 Å². The SMILES string of the molecule is CC1Cc2ccccc2N1c1cnc(C(=O)N(C)CCc2ccncc2)cn1. The lowest BCUT2D eigenvalue weighted by Crippen LogP contribution is -2.30. The molecule has 1 aliphatic rings. The summed E-state index contributed by atoms with van der Waals surface area (Å²) in [6.07, 6.45) is 8.56. The third-order valence-corrected chi connectivity index (χ3v) is 5.14. The van der Waals surface area contributed by atoms with Gasteiger partial charge >= 0.3 is 0 Å². The van der Waals surface area contributed by atoms with Gasteiger partial charge in [-0.05, 0) is 49.1 Å². The fraction of sp³-hybridized carbons (Fsp3) is 0.273. The molecule has 0 bridgehead atoms. The minimum Gasteiger partial charge on any atom is -0.340 e. The van der Waals surface area contributed by atoms with E-state index in [4.69, 9.17) is 0 Å². The molecule has 6 heteroatoms. The van der Waals surface area contributed by atoms with E-state index < -0.39 is 0 Å². The first-order valence-corrected chi connectivity index (χ1v) is 9.47. The molecule has 0 saturated heterocycles. The molecule has 0 aliphatic carbocycles. The third-order valence-electron chi connectivity index (χ3n) is 5.14. The van der Waals surface area contributed by atoms with E-state index in [2.05, 4.69) is 45.0 Å². The first-order valence-electron chi connectivity index (χ1n) is 9.47. The Labute approximate surface area is 164 Å². The minimum atomic E-state index is -0.122. The lowest BCUT2D eigenvalue weighted by atomic mass is 10.1. The summed E-state index contributed by atoms with van der Waals surface area (Å²) in [4.78, 5) is 29.5. The normalized spacial score (nSPS) is 15.4. The van der Waals surface area contributed by atoms with E-state index in [0.29, 0.717) is 18.3 Å². The molecular weight excluding hydrogens is 350 g/mol. The molecule has 0 radical (unpaired) electrons. The van der Waals surface area contributed by atoms with Gasteiger partial charge in [0.05, 0.1) is 12.4 Å². The summed E-state index contributed by atoms with van der Waals surface area (Å²) in [7, 11) is 1.79. The van der Waals surface area contributed by atoms with Gasteiger partial charge < -0.3 is 9.80 Å². The van der Waals surface area contributed by atoms with Gasteiger partial charge in [0, 0.05) is 37.7 Å². The number of para-hydroxylation sites is 1. The number of aromatic nitrogens is 3. The predicted octanol–water partition coefficient (Wildman–Crippen LogP) is 3.27. The van der Waals surface area contributed by atoms with Crippen molar-refractivity contribution >= 4 is 17.4 Å². The van der Waals surface area contributed by atoms with Crippen molar-refractivity contribution in [3.05, 3.63) is 78.0 Å². The lowest BCUT2D eigenvalue weighted by molar-refractivity contribution is 0.0790. The molecule has 6 nitrogen and oxygen atoms in total. The molecule has 3 aromatic rings. The summed E-state index contributed by atoms with van der Waals surface area (Å²) in [5.74, 6) is 0.649. The van der Waals surface area contributed by atoms with E-state index in [1.807, 2.05) is 18.2 Å². The van der Waals surface area contributed by atoms with Gasteiger partial charge in [-0.1, -0.05) is 18.2 Å². The molecule has 2 aromatic heterocycles. The number of carbonyl (C=O) groups is 1. The van der Waals surface area contributed by atoms with Crippen molar-refractivity contribution in [1.82, 2.24) is 19.9 Å². The fourth-order valence-corrected chi connectivity index (χ4v) is 3.61. The largest absolute Gasteiger partial charge is 0.340 e. The van der Waals surface area contributed by atoms with Crippen LogP contribution in [-0.2, 0) is 12.8 Å². The van der Waals surface area contributed by atoms with Crippen LogP contribution < -0.4 is 4.90 Å². The summed E-state index contributed by atoms with van der Waals surface area (Å²) >= 11 is 0. The number of amides is 1. The highest BCUT2D eigenvalue weighted by Crippen LogP contribution is 2.36. The van der Waals surface area contributed by atoms with Crippen LogP contribution in [0.1, 0.15) is 28.5 Å². The Kier molecular flexibility index (Phi) is 5.02. The summed E-state index contributed by atoms with van der Waals surface area (Å²) < 4.78 is 0. The standard InChI is InChI=1S/C22H23N5O/c1-16-13-18-5-3-4-6-20(18)27(16)21-15-24-19(14-25-21)22(28)26(2)12-9-17-7-10-23-11-8-17/h3-8,10-11,14-16H,9,12-13H2,1-2H3. The Bertz CT molecular complexity index is 958. The van der Waals surface area contributed by atoms with Crippen LogP contribution in [0.25, 0.3) is 0 Å². The van der Waals surface area contributed by atoms with Crippen molar-refractivity contribution in [2.24, 2.45) is 0 Å². The Morgan fingerprint density at radius 3 is 2.68 bits per heavy atom. The summed E-state index contributed by atoms with van der Waals surface area (Å²) in [5.41, 5.74) is 3.99. The molecule has 1 aliphatic heterocycles. The van der Waals surface area contributed by atoms with E-state index in [1.54, 1.807) is 36.7 Å². The van der Waals surface area contributed by atoms with E-state index in [0.717, 1.165) is 29.9 Å². The molecule has 28 heavy (non-hydrogen) atoms. The molecule has 3 heterocycles. The number of nitrogens with zero attached hydrogens (tertiary/aromatic N) is 5. The van der Waals surface area contributed by atoms with Crippen LogP contribution in [0.2, 0.25) is 0 Å². The maximum absolute atomic E-state index is 12.7. The third kappa shape index (κ3) is 3.58.